The van der Waals surface area contributed by atoms with Crippen LogP contribution >= 0.6 is 23.4 Å². The van der Waals surface area contributed by atoms with Crippen LogP contribution in [0.4, 0.5) is 5.69 Å². The van der Waals surface area contributed by atoms with E-state index < -0.39 is 0 Å². The quantitative estimate of drug-likeness (QED) is 0.751. The maximum atomic E-state index is 12.4. The van der Waals surface area contributed by atoms with Crippen LogP contribution in [0.3, 0.4) is 0 Å². The van der Waals surface area contributed by atoms with Crippen molar-refractivity contribution in [2.45, 2.75) is 12.4 Å². The van der Waals surface area contributed by atoms with Gasteiger partial charge in [-0.3, -0.25) is 4.79 Å². The minimum absolute atomic E-state index is 0.143. The van der Waals surface area contributed by atoms with E-state index in [4.69, 9.17) is 25.8 Å². The molecule has 1 unspecified atom stereocenters. The molecule has 2 heterocycles. The van der Waals surface area contributed by atoms with Gasteiger partial charge in [-0.25, -0.2) is 0 Å². The van der Waals surface area contributed by atoms with Crippen molar-refractivity contribution < 1.29 is 19.0 Å². The fourth-order valence-electron chi connectivity index (χ4n) is 2.86. The molecule has 1 atom stereocenters. The zero-order valence-corrected chi connectivity index (χ0v) is 16.2. The first-order valence-electron chi connectivity index (χ1n) is 8.23. The molecule has 2 N–H and O–H groups in total. The highest BCUT2D eigenvalue weighted by Crippen LogP contribution is 2.38. The summed E-state index contributed by atoms with van der Waals surface area (Å²) in [5.41, 5.74) is 2.31. The first-order chi connectivity index (χ1) is 13.0. The molecule has 4 rings (SSSR count). The van der Waals surface area contributed by atoms with Crippen LogP contribution in [0.15, 0.2) is 35.2 Å². The highest BCUT2D eigenvalue weighted by Gasteiger charge is 2.28. The van der Waals surface area contributed by atoms with E-state index in [1.165, 1.54) is 11.8 Å². The molecule has 0 aliphatic carbocycles. The lowest BCUT2D eigenvalue weighted by Gasteiger charge is -2.15. The largest absolute Gasteiger partial charge is 0.495 e. The van der Waals surface area contributed by atoms with E-state index in [-0.39, 0.29) is 18.2 Å². The molecular formula is C19H17ClN2O4S. The van der Waals surface area contributed by atoms with E-state index in [0.29, 0.717) is 27.1 Å². The number of ether oxygens (including phenoxy) is 3. The van der Waals surface area contributed by atoms with Crippen molar-refractivity contribution in [3.63, 3.8) is 0 Å². The zero-order valence-electron chi connectivity index (χ0n) is 14.7. The molecule has 2 aromatic carbocycles. The maximum absolute atomic E-state index is 12.4. The van der Waals surface area contributed by atoms with Crippen LogP contribution in [0.25, 0.3) is 6.08 Å². The van der Waals surface area contributed by atoms with E-state index in [9.17, 15) is 4.79 Å². The summed E-state index contributed by atoms with van der Waals surface area (Å²) in [5.74, 6) is 1.92. The highest BCUT2D eigenvalue weighted by atomic mass is 35.5. The van der Waals surface area contributed by atoms with Gasteiger partial charge in [-0.2, -0.15) is 0 Å². The molecule has 2 aliphatic heterocycles. The molecule has 0 radical (unpaired) electrons. The van der Waals surface area contributed by atoms with Crippen LogP contribution in [0.1, 0.15) is 11.1 Å². The Hall–Kier alpha value is -2.51. The van der Waals surface area contributed by atoms with Crippen molar-refractivity contribution in [2.24, 2.45) is 0 Å². The third-order valence-corrected chi connectivity index (χ3v) is 5.49. The van der Waals surface area contributed by atoms with Crippen LogP contribution in [0, 0.1) is 6.92 Å². The Balaban J connectivity index is 1.55. The number of carbonyl (C=O) groups is 1. The van der Waals surface area contributed by atoms with Gasteiger partial charge >= 0.3 is 0 Å². The van der Waals surface area contributed by atoms with Crippen LogP contribution in [-0.2, 0) is 4.79 Å². The highest BCUT2D eigenvalue weighted by molar-refractivity contribution is 8.05. The number of anilines is 1. The van der Waals surface area contributed by atoms with Crippen molar-refractivity contribution in [1.29, 1.82) is 0 Å². The predicted molar refractivity (Wildman–Crippen MR) is 106 cm³/mol. The monoisotopic (exact) mass is 404 g/mol. The van der Waals surface area contributed by atoms with Crippen molar-refractivity contribution in [3.05, 3.63) is 51.4 Å². The van der Waals surface area contributed by atoms with E-state index in [1.807, 2.05) is 25.1 Å². The fraction of sp³-hybridized carbons (Fsp3) is 0.211. The average Bonchev–Trinajstić information content (AvgIpc) is 3.21. The molecule has 2 aliphatic rings. The number of thioether (sulfide) groups is 1. The number of benzene rings is 2. The Labute approximate surface area is 165 Å². The third-order valence-electron chi connectivity index (χ3n) is 4.23. The summed E-state index contributed by atoms with van der Waals surface area (Å²) < 4.78 is 16.1. The van der Waals surface area contributed by atoms with E-state index in [1.54, 1.807) is 25.3 Å². The first kappa shape index (κ1) is 17.9. The Morgan fingerprint density at radius 3 is 2.85 bits per heavy atom. The Morgan fingerprint density at radius 2 is 2.07 bits per heavy atom. The summed E-state index contributed by atoms with van der Waals surface area (Å²) in [7, 11) is 1.59. The molecule has 1 saturated heterocycles. The van der Waals surface area contributed by atoms with Crippen LogP contribution in [-0.4, -0.2) is 25.3 Å². The molecule has 8 heteroatoms. The van der Waals surface area contributed by atoms with E-state index in [2.05, 4.69) is 10.6 Å². The number of hydrogen-bond acceptors (Lipinski definition) is 6. The summed E-state index contributed by atoms with van der Waals surface area (Å²) >= 11 is 7.46. The molecule has 1 fully saturated rings. The first-order valence-corrected chi connectivity index (χ1v) is 9.49. The van der Waals surface area contributed by atoms with Crippen molar-refractivity contribution in [3.8, 4) is 17.2 Å². The molecule has 0 saturated carbocycles. The maximum Gasteiger partial charge on any atom is 0.260 e. The lowest BCUT2D eigenvalue weighted by molar-refractivity contribution is -0.116. The minimum atomic E-state index is -0.328. The number of amides is 1. The van der Waals surface area contributed by atoms with Gasteiger partial charge in [0.05, 0.1) is 17.7 Å². The standard InChI is InChI=1S/C19H17ClN2O4S/c1-10-5-15-16(26-9-25-15)6-11(10)7-17-18(23)22-19(27-17)21-13-8-12(20)3-4-14(13)24-2/h3-8,19,21H,9H2,1-2H3,(H,22,23)/b17-7-. The van der Waals surface area contributed by atoms with Gasteiger partial charge in [0.15, 0.2) is 17.0 Å². The Bertz CT molecular complexity index is 948. The number of fused-ring (bicyclic) bond motifs is 1. The molecule has 27 heavy (non-hydrogen) atoms. The minimum Gasteiger partial charge on any atom is -0.495 e. The molecule has 0 aromatic heterocycles. The summed E-state index contributed by atoms with van der Waals surface area (Å²) in [5, 5.41) is 6.73. The molecular weight excluding hydrogens is 388 g/mol. The SMILES string of the molecule is COc1ccc(Cl)cc1NC1NC(=O)/C(=C/c2cc3c(cc2C)OCO3)S1. The number of nitrogens with one attached hydrogen (secondary N) is 2. The number of aryl methyl sites for hydroxylation is 1. The molecule has 6 nitrogen and oxygen atoms in total. The molecule has 1 amide bonds. The van der Waals surface area contributed by atoms with Crippen LogP contribution in [0.5, 0.6) is 17.2 Å². The van der Waals surface area contributed by atoms with Gasteiger partial charge in [0, 0.05) is 5.02 Å². The second-order valence-corrected chi connectivity index (χ2v) is 7.61. The van der Waals surface area contributed by atoms with Crippen molar-refractivity contribution in [1.82, 2.24) is 5.32 Å². The number of rotatable bonds is 4. The summed E-state index contributed by atoms with van der Waals surface area (Å²) in [4.78, 5) is 13.0. The number of methoxy groups -OCH3 is 1. The van der Waals surface area contributed by atoms with Gasteiger partial charge in [0.25, 0.3) is 5.91 Å². The lowest BCUT2D eigenvalue weighted by Crippen LogP contribution is -2.31. The topological polar surface area (TPSA) is 68.8 Å². The summed E-state index contributed by atoms with van der Waals surface area (Å²) in [6.07, 6.45) is 1.86. The number of hydrogen-bond donors (Lipinski definition) is 2. The number of carbonyl (C=O) groups excluding carboxylic acids is 1. The van der Waals surface area contributed by atoms with E-state index in [0.717, 1.165) is 16.9 Å². The average molecular weight is 405 g/mol. The van der Waals surface area contributed by atoms with Gasteiger partial charge < -0.3 is 24.8 Å². The van der Waals surface area contributed by atoms with Gasteiger partial charge in [-0.05, 0) is 54.5 Å². The Morgan fingerprint density at radius 1 is 1.30 bits per heavy atom. The van der Waals surface area contributed by atoms with E-state index >= 15 is 0 Å². The van der Waals surface area contributed by atoms with Crippen LogP contribution in [0.2, 0.25) is 5.02 Å². The van der Waals surface area contributed by atoms with Gasteiger partial charge in [-0.15, -0.1) is 0 Å². The summed E-state index contributed by atoms with van der Waals surface area (Å²) in [6.45, 7) is 2.19. The normalized spacial score (nSPS) is 19.3. The van der Waals surface area contributed by atoms with Crippen molar-refractivity contribution >= 4 is 41.0 Å². The molecule has 140 valence electrons. The second kappa shape index (κ2) is 7.25. The third kappa shape index (κ3) is 3.65. The van der Waals surface area contributed by atoms with Gasteiger partial charge in [0.1, 0.15) is 5.75 Å². The van der Waals surface area contributed by atoms with Crippen molar-refractivity contribution in [2.75, 3.05) is 19.2 Å². The second-order valence-electron chi connectivity index (χ2n) is 6.03. The Kier molecular flexibility index (Phi) is 4.80. The van der Waals surface area contributed by atoms with Gasteiger partial charge in [0.2, 0.25) is 6.79 Å². The molecule has 0 spiro atoms. The van der Waals surface area contributed by atoms with Crippen LogP contribution < -0.4 is 24.8 Å². The summed E-state index contributed by atoms with van der Waals surface area (Å²) in [6, 6.07) is 9.09. The molecule has 2 aromatic rings. The lowest BCUT2D eigenvalue weighted by atomic mass is 10.1. The smallest absolute Gasteiger partial charge is 0.260 e. The fourth-order valence-corrected chi connectivity index (χ4v) is 3.99. The molecule has 0 bridgehead atoms. The number of halogens is 1. The predicted octanol–water partition coefficient (Wildman–Crippen LogP) is 3.99. The van der Waals surface area contributed by atoms with Gasteiger partial charge in [-0.1, -0.05) is 23.4 Å². The zero-order chi connectivity index (χ0) is 19.0.